The van der Waals surface area contributed by atoms with E-state index in [1.807, 2.05) is 18.2 Å². The van der Waals surface area contributed by atoms with Gasteiger partial charge in [-0.3, -0.25) is 0 Å². The minimum atomic E-state index is -4.59. The Hall–Kier alpha value is -2.64. The maximum atomic E-state index is 12.9. The van der Waals surface area contributed by atoms with Crippen molar-refractivity contribution < 1.29 is 13.2 Å². The fraction of sp³-hybridized carbons (Fsp3) is 0.353. The number of halogens is 3. The van der Waals surface area contributed by atoms with Crippen molar-refractivity contribution in [3.05, 3.63) is 53.9 Å². The number of benzene rings is 1. The summed E-state index contributed by atoms with van der Waals surface area (Å²) in [5.41, 5.74) is 1.49. The third kappa shape index (κ3) is 3.29. The second-order valence-corrected chi connectivity index (χ2v) is 6.53. The lowest BCUT2D eigenvalue weighted by molar-refractivity contribution is -0.146. The van der Waals surface area contributed by atoms with Crippen molar-refractivity contribution in [3.63, 3.8) is 0 Å². The zero-order chi connectivity index (χ0) is 17.5. The van der Waals surface area contributed by atoms with E-state index < -0.39 is 12.0 Å². The van der Waals surface area contributed by atoms with Crippen LogP contribution in [0.2, 0.25) is 0 Å². The minimum Gasteiger partial charge on any atom is -0.368 e. The molecule has 25 heavy (non-hydrogen) atoms. The van der Waals surface area contributed by atoms with Gasteiger partial charge in [0.1, 0.15) is 5.82 Å². The third-order valence-electron chi connectivity index (χ3n) is 4.54. The summed E-state index contributed by atoms with van der Waals surface area (Å²) in [4.78, 5) is 0. The van der Waals surface area contributed by atoms with Gasteiger partial charge in [-0.2, -0.15) is 17.7 Å². The standard InChI is InChI=1S/C17H16F3N5/c18-17(19,20)15-23-22-14-7-6-13(24-25(14)15)21-11-16(8-9-16)10-12-4-2-1-3-5-12/h1-7H,8-11H2,(H,21,24). The fourth-order valence-corrected chi connectivity index (χ4v) is 2.96. The van der Waals surface area contributed by atoms with E-state index in [1.165, 1.54) is 11.6 Å². The first-order valence-electron chi connectivity index (χ1n) is 8.03. The number of hydrogen-bond donors (Lipinski definition) is 1. The predicted molar refractivity (Wildman–Crippen MR) is 86.1 cm³/mol. The molecular formula is C17H16F3N5. The van der Waals surface area contributed by atoms with Crippen molar-refractivity contribution in [1.29, 1.82) is 0 Å². The highest BCUT2D eigenvalue weighted by Gasteiger charge is 2.42. The molecule has 1 N–H and O–H groups in total. The molecule has 1 fully saturated rings. The van der Waals surface area contributed by atoms with Crippen molar-refractivity contribution >= 4 is 11.5 Å². The van der Waals surface area contributed by atoms with Crippen LogP contribution in [0.3, 0.4) is 0 Å². The predicted octanol–water partition coefficient (Wildman–Crippen LogP) is 3.58. The number of nitrogens with zero attached hydrogens (tertiary/aromatic N) is 4. The molecule has 1 aromatic carbocycles. The van der Waals surface area contributed by atoms with Crippen molar-refractivity contribution in [3.8, 4) is 0 Å². The molecule has 1 aliphatic rings. The number of alkyl halides is 3. The monoisotopic (exact) mass is 347 g/mol. The van der Waals surface area contributed by atoms with Gasteiger partial charge in [-0.1, -0.05) is 30.3 Å². The Morgan fingerprint density at radius 1 is 1.04 bits per heavy atom. The number of anilines is 1. The van der Waals surface area contributed by atoms with Crippen LogP contribution < -0.4 is 5.32 Å². The van der Waals surface area contributed by atoms with Gasteiger partial charge in [0.15, 0.2) is 5.65 Å². The fourth-order valence-electron chi connectivity index (χ4n) is 2.96. The summed E-state index contributed by atoms with van der Waals surface area (Å²) in [5, 5.41) is 13.9. The molecule has 0 bridgehead atoms. The normalized spacial score (nSPS) is 16.1. The lowest BCUT2D eigenvalue weighted by atomic mass is 9.96. The van der Waals surface area contributed by atoms with Gasteiger partial charge in [0.25, 0.3) is 5.82 Å². The highest BCUT2D eigenvalue weighted by molar-refractivity contribution is 5.44. The lowest BCUT2D eigenvalue weighted by Gasteiger charge is -2.16. The van der Waals surface area contributed by atoms with Gasteiger partial charge in [-0.15, -0.1) is 15.3 Å². The molecule has 0 aliphatic heterocycles. The van der Waals surface area contributed by atoms with Gasteiger partial charge in [0.2, 0.25) is 0 Å². The molecule has 1 aliphatic carbocycles. The lowest BCUT2D eigenvalue weighted by Crippen LogP contribution is -2.19. The molecule has 0 radical (unpaired) electrons. The smallest absolute Gasteiger partial charge is 0.368 e. The van der Waals surface area contributed by atoms with E-state index in [0.717, 1.165) is 23.8 Å². The number of fused-ring (bicyclic) bond motifs is 1. The Bertz CT molecular complexity index is 884. The van der Waals surface area contributed by atoms with Gasteiger partial charge in [0, 0.05) is 6.54 Å². The molecule has 8 heteroatoms. The van der Waals surface area contributed by atoms with Gasteiger partial charge >= 0.3 is 6.18 Å². The largest absolute Gasteiger partial charge is 0.453 e. The SMILES string of the molecule is FC(F)(F)c1nnc2ccc(NCC3(Cc4ccccc4)CC3)nn12. The summed E-state index contributed by atoms with van der Waals surface area (Å²) < 4.78 is 39.5. The van der Waals surface area contributed by atoms with Crippen LogP contribution in [0.5, 0.6) is 0 Å². The van der Waals surface area contributed by atoms with Crippen molar-refractivity contribution in [2.45, 2.75) is 25.4 Å². The van der Waals surface area contributed by atoms with Crippen LogP contribution in [-0.2, 0) is 12.6 Å². The van der Waals surface area contributed by atoms with Crippen LogP contribution in [0, 0.1) is 5.41 Å². The average Bonchev–Trinajstić information content (AvgIpc) is 3.20. The summed E-state index contributed by atoms with van der Waals surface area (Å²) in [7, 11) is 0. The average molecular weight is 347 g/mol. The molecule has 0 spiro atoms. The molecule has 0 unspecified atom stereocenters. The zero-order valence-electron chi connectivity index (χ0n) is 13.3. The third-order valence-corrected chi connectivity index (χ3v) is 4.54. The maximum absolute atomic E-state index is 12.9. The highest BCUT2D eigenvalue weighted by Crippen LogP contribution is 2.48. The van der Waals surface area contributed by atoms with Gasteiger partial charge in [0.05, 0.1) is 0 Å². The van der Waals surface area contributed by atoms with Crippen LogP contribution in [0.4, 0.5) is 19.0 Å². The topological polar surface area (TPSA) is 55.1 Å². The molecule has 1 saturated carbocycles. The molecule has 4 rings (SSSR count). The summed E-state index contributed by atoms with van der Waals surface area (Å²) in [6.07, 6.45) is -1.45. The van der Waals surface area contributed by atoms with Crippen LogP contribution in [0.1, 0.15) is 24.2 Å². The second kappa shape index (κ2) is 5.72. The van der Waals surface area contributed by atoms with E-state index in [-0.39, 0.29) is 11.1 Å². The molecule has 2 aromatic heterocycles. The van der Waals surface area contributed by atoms with Gasteiger partial charge in [-0.05, 0) is 42.4 Å². The molecule has 0 atom stereocenters. The summed E-state index contributed by atoms with van der Waals surface area (Å²) in [6.45, 7) is 0.671. The van der Waals surface area contributed by atoms with Crippen LogP contribution in [0.25, 0.3) is 5.65 Å². The van der Waals surface area contributed by atoms with Crippen molar-refractivity contribution in [1.82, 2.24) is 19.8 Å². The first-order chi connectivity index (χ1) is 12.0. The van der Waals surface area contributed by atoms with Crippen molar-refractivity contribution in [2.75, 3.05) is 11.9 Å². The zero-order valence-corrected chi connectivity index (χ0v) is 13.3. The molecule has 130 valence electrons. The number of hydrogen-bond acceptors (Lipinski definition) is 4. The molecule has 5 nitrogen and oxygen atoms in total. The summed E-state index contributed by atoms with van der Waals surface area (Å²) in [6, 6.07) is 13.3. The van der Waals surface area contributed by atoms with E-state index >= 15 is 0 Å². The quantitative estimate of drug-likeness (QED) is 0.766. The highest BCUT2D eigenvalue weighted by atomic mass is 19.4. The first-order valence-corrected chi connectivity index (χ1v) is 8.03. The number of aromatic nitrogens is 4. The number of rotatable bonds is 5. The van der Waals surface area contributed by atoms with Gasteiger partial charge < -0.3 is 5.32 Å². The van der Waals surface area contributed by atoms with E-state index in [2.05, 4.69) is 32.7 Å². The van der Waals surface area contributed by atoms with E-state index in [9.17, 15) is 13.2 Å². The molecule has 0 saturated heterocycles. The van der Waals surface area contributed by atoms with E-state index in [1.54, 1.807) is 6.07 Å². The van der Waals surface area contributed by atoms with E-state index in [0.29, 0.717) is 12.4 Å². The first kappa shape index (κ1) is 15.9. The molecule has 0 amide bonds. The van der Waals surface area contributed by atoms with Crippen LogP contribution >= 0.6 is 0 Å². The molecule has 3 aromatic rings. The molecular weight excluding hydrogens is 331 g/mol. The van der Waals surface area contributed by atoms with Crippen LogP contribution in [0.15, 0.2) is 42.5 Å². The second-order valence-electron chi connectivity index (χ2n) is 6.53. The van der Waals surface area contributed by atoms with Gasteiger partial charge in [-0.25, -0.2) is 0 Å². The Morgan fingerprint density at radius 3 is 2.48 bits per heavy atom. The Balaban J connectivity index is 1.50. The van der Waals surface area contributed by atoms with Crippen LogP contribution in [-0.4, -0.2) is 26.4 Å². The Morgan fingerprint density at radius 2 is 1.80 bits per heavy atom. The molecule has 2 heterocycles. The number of nitrogens with one attached hydrogen (secondary N) is 1. The Labute approximate surface area is 141 Å². The minimum absolute atomic E-state index is 0.0725. The summed E-state index contributed by atoms with van der Waals surface area (Å²) >= 11 is 0. The maximum Gasteiger partial charge on any atom is 0.453 e. The Kier molecular flexibility index (Phi) is 3.63. The van der Waals surface area contributed by atoms with Crippen molar-refractivity contribution in [2.24, 2.45) is 5.41 Å². The van der Waals surface area contributed by atoms with E-state index in [4.69, 9.17) is 0 Å². The summed E-state index contributed by atoms with van der Waals surface area (Å²) in [5.74, 6) is -0.728.